The van der Waals surface area contributed by atoms with Crippen molar-refractivity contribution in [1.29, 1.82) is 0 Å². The molecule has 0 aliphatic carbocycles. The van der Waals surface area contributed by atoms with Crippen molar-refractivity contribution in [3.05, 3.63) is 20.8 Å². The fourth-order valence-electron chi connectivity index (χ4n) is 2.09. The van der Waals surface area contributed by atoms with E-state index in [1.807, 2.05) is 12.1 Å². The third kappa shape index (κ3) is 4.23. The number of carbonyl (C=O) groups is 1. The number of rotatable bonds is 3. The number of amides is 1. The van der Waals surface area contributed by atoms with E-state index in [1.54, 1.807) is 0 Å². The Morgan fingerprint density at radius 3 is 2.94 bits per heavy atom. The molecule has 1 atom stereocenters. The molecular weight excluding hydrogens is 336 g/mol. The summed E-state index contributed by atoms with van der Waals surface area (Å²) in [7, 11) is 0. The lowest BCUT2D eigenvalue weighted by atomic mass is 9.83. The summed E-state index contributed by atoms with van der Waals surface area (Å²) in [5.41, 5.74) is 0.197. The average molecular weight is 354 g/mol. The van der Waals surface area contributed by atoms with Crippen molar-refractivity contribution in [2.75, 3.05) is 19.6 Å². The second-order valence-electron chi connectivity index (χ2n) is 4.88. The van der Waals surface area contributed by atoms with E-state index in [1.165, 1.54) is 24.2 Å². The first-order valence-electron chi connectivity index (χ1n) is 5.83. The standard InChI is InChI=1S/C12H17BrN2OS.ClH/c1-12(5-2-6-14-7-12)8-15-11(16)9-3-4-10(13)17-9;/h3-4,14H,2,5-8H2,1H3,(H,15,16);1H. The summed E-state index contributed by atoms with van der Waals surface area (Å²) in [6.07, 6.45) is 2.37. The highest BCUT2D eigenvalue weighted by atomic mass is 79.9. The van der Waals surface area contributed by atoms with Crippen LogP contribution in [0.4, 0.5) is 0 Å². The van der Waals surface area contributed by atoms with E-state index in [9.17, 15) is 4.79 Å². The van der Waals surface area contributed by atoms with Crippen molar-refractivity contribution in [3.63, 3.8) is 0 Å². The molecule has 1 saturated heterocycles. The van der Waals surface area contributed by atoms with Crippen LogP contribution in [-0.2, 0) is 0 Å². The molecule has 3 nitrogen and oxygen atoms in total. The highest BCUT2D eigenvalue weighted by molar-refractivity contribution is 9.11. The van der Waals surface area contributed by atoms with Gasteiger partial charge in [-0.25, -0.2) is 0 Å². The molecule has 1 aliphatic heterocycles. The first kappa shape index (κ1) is 16.0. The molecule has 1 aromatic heterocycles. The minimum atomic E-state index is 0. The number of carbonyl (C=O) groups excluding carboxylic acids is 1. The monoisotopic (exact) mass is 352 g/mol. The van der Waals surface area contributed by atoms with Gasteiger partial charge in [-0.05, 0) is 52.9 Å². The molecule has 1 amide bonds. The summed E-state index contributed by atoms with van der Waals surface area (Å²) >= 11 is 4.84. The third-order valence-electron chi connectivity index (χ3n) is 3.16. The highest BCUT2D eigenvalue weighted by Gasteiger charge is 2.27. The van der Waals surface area contributed by atoms with Gasteiger partial charge in [-0.2, -0.15) is 0 Å². The fourth-order valence-corrected chi connectivity index (χ4v) is 3.39. The Morgan fingerprint density at radius 2 is 2.39 bits per heavy atom. The molecule has 1 aliphatic rings. The van der Waals surface area contributed by atoms with Crippen LogP contribution in [0, 0.1) is 5.41 Å². The predicted octanol–water partition coefficient (Wildman–Crippen LogP) is 3.05. The van der Waals surface area contributed by atoms with Gasteiger partial charge in [-0.3, -0.25) is 4.79 Å². The van der Waals surface area contributed by atoms with Gasteiger partial charge in [-0.15, -0.1) is 23.7 Å². The van der Waals surface area contributed by atoms with E-state index >= 15 is 0 Å². The van der Waals surface area contributed by atoms with Gasteiger partial charge in [0, 0.05) is 13.1 Å². The minimum absolute atomic E-state index is 0. The zero-order valence-electron chi connectivity index (χ0n) is 10.3. The average Bonchev–Trinajstić information content (AvgIpc) is 2.74. The fraction of sp³-hybridized carbons (Fsp3) is 0.583. The van der Waals surface area contributed by atoms with Crippen LogP contribution in [0.25, 0.3) is 0 Å². The van der Waals surface area contributed by atoms with Crippen molar-refractivity contribution < 1.29 is 4.79 Å². The van der Waals surface area contributed by atoms with Crippen LogP contribution >= 0.6 is 39.7 Å². The number of hydrogen-bond acceptors (Lipinski definition) is 3. The van der Waals surface area contributed by atoms with Crippen LogP contribution in [0.1, 0.15) is 29.4 Å². The van der Waals surface area contributed by atoms with Crippen molar-refractivity contribution in [2.24, 2.45) is 5.41 Å². The van der Waals surface area contributed by atoms with Crippen LogP contribution in [-0.4, -0.2) is 25.5 Å². The van der Waals surface area contributed by atoms with Crippen LogP contribution in [0.5, 0.6) is 0 Å². The maximum Gasteiger partial charge on any atom is 0.261 e. The summed E-state index contributed by atoms with van der Waals surface area (Å²) in [4.78, 5) is 12.7. The van der Waals surface area contributed by atoms with Gasteiger partial charge < -0.3 is 10.6 Å². The third-order valence-corrected chi connectivity index (χ3v) is 4.78. The number of halogens is 2. The van der Waals surface area contributed by atoms with Crippen molar-refractivity contribution >= 4 is 45.6 Å². The van der Waals surface area contributed by atoms with Crippen molar-refractivity contribution in [2.45, 2.75) is 19.8 Å². The van der Waals surface area contributed by atoms with Gasteiger partial charge in [0.2, 0.25) is 0 Å². The zero-order chi connectivity index (χ0) is 12.3. The smallest absolute Gasteiger partial charge is 0.261 e. The first-order valence-corrected chi connectivity index (χ1v) is 7.44. The predicted molar refractivity (Wildman–Crippen MR) is 81.8 cm³/mol. The molecule has 2 N–H and O–H groups in total. The van der Waals surface area contributed by atoms with Gasteiger partial charge in [0.1, 0.15) is 0 Å². The second kappa shape index (κ2) is 6.89. The zero-order valence-corrected chi connectivity index (χ0v) is 13.5. The molecule has 1 unspecified atom stereocenters. The lowest BCUT2D eigenvalue weighted by Crippen LogP contribution is -2.45. The highest BCUT2D eigenvalue weighted by Crippen LogP contribution is 2.25. The van der Waals surface area contributed by atoms with Crippen LogP contribution in [0.3, 0.4) is 0 Å². The van der Waals surface area contributed by atoms with E-state index in [0.717, 1.165) is 28.3 Å². The Kier molecular flexibility index (Phi) is 6.11. The number of thiophene rings is 1. The molecular formula is C12H18BrClN2OS. The Hall–Kier alpha value is -0.100. The maximum absolute atomic E-state index is 11.9. The van der Waals surface area contributed by atoms with Gasteiger partial charge in [0.05, 0.1) is 8.66 Å². The molecule has 0 saturated carbocycles. The minimum Gasteiger partial charge on any atom is -0.351 e. The molecule has 1 fully saturated rings. The van der Waals surface area contributed by atoms with E-state index in [0.29, 0.717) is 0 Å². The number of nitrogens with one attached hydrogen (secondary N) is 2. The van der Waals surface area contributed by atoms with E-state index < -0.39 is 0 Å². The Morgan fingerprint density at radius 1 is 1.61 bits per heavy atom. The summed E-state index contributed by atoms with van der Waals surface area (Å²) in [5, 5.41) is 6.42. The normalized spacial score (nSPS) is 23.2. The molecule has 102 valence electrons. The number of piperidine rings is 1. The molecule has 0 spiro atoms. The Bertz CT molecular complexity index is 405. The largest absolute Gasteiger partial charge is 0.351 e. The van der Waals surface area contributed by atoms with Crippen LogP contribution in [0.2, 0.25) is 0 Å². The van der Waals surface area contributed by atoms with Gasteiger partial charge >= 0.3 is 0 Å². The van der Waals surface area contributed by atoms with Crippen molar-refractivity contribution in [1.82, 2.24) is 10.6 Å². The van der Waals surface area contributed by atoms with E-state index in [4.69, 9.17) is 0 Å². The maximum atomic E-state index is 11.9. The summed E-state index contributed by atoms with van der Waals surface area (Å²) in [6, 6.07) is 3.76. The van der Waals surface area contributed by atoms with Gasteiger partial charge in [0.25, 0.3) is 5.91 Å². The van der Waals surface area contributed by atoms with Gasteiger partial charge in [-0.1, -0.05) is 6.92 Å². The molecule has 18 heavy (non-hydrogen) atoms. The van der Waals surface area contributed by atoms with Crippen LogP contribution < -0.4 is 10.6 Å². The molecule has 0 aromatic carbocycles. The molecule has 6 heteroatoms. The number of hydrogen-bond donors (Lipinski definition) is 2. The lowest BCUT2D eigenvalue weighted by molar-refractivity contribution is 0.0929. The quantitative estimate of drug-likeness (QED) is 0.877. The molecule has 2 heterocycles. The molecule has 0 bridgehead atoms. The van der Waals surface area contributed by atoms with Crippen molar-refractivity contribution in [3.8, 4) is 0 Å². The Balaban J connectivity index is 0.00000162. The topological polar surface area (TPSA) is 41.1 Å². The Labute approximate surface area is 126 Å². The SMILES string of the molecule is CC1(CNC(=O)c2ccc(Br)s2)CCCNC1.Cl. The first-order chi connectivity index (χ1) is 8.09. The lowest BCUT2D eigenvalue weighted by Gasteiger charge is -2.34. The van der Waals surface area contributed by atoms with Gasteiger partial charge in [0.15, 0.2) is 0 Å². The second-order valence-corrected chi connectivity index (χ2v) is 7.34. The summed E-state index contributed by atoms with van der Waals surface area (Å²) < 4.78 is 0.994. The van der Waals surface area contributed by atoms with Crippen LogP contribution in [0.15, 0.2) is 15.9 Å². The molecule has 1 aromatic rings. The summed E-state index contributed by atoms with van der Waals surface area (Å²) in [6.45, 7) is 5.06. The van der Waals surface area contributed by atoms with E-state index in [2.05, 4.69) is 33.5 Å². The van der Waals surface area contributed by atoms with E-state index in [-0.39, 0.29) is 23.7 Å². The summed E-state index contributed by atoms with van der Waals surface area (Å²) in [5.74, 6) is 0.0347. The molecule has 0 radical (unpaired) electrons. The molecule has 2 rings (SSSR count).